The molecular formula is C17H24OSi. The molecule has 0 unspecified atom stereocenters. The summed E-state index contributed by atoms with van der Waals surface area (Å²) in [5.74, 6) is 0. The Morgan fingerprint density at radius 1 is 1.16 bits per heavy atom. The fraction of sp³-hybridized carbons (Fsp3) is 0.471. The van der Waals surface area contributed by atoms with Gasteiger partial charge in [-0.3, -0.25) is 0 Å². The Hall–Kier alpha value is -1.15. The van der Waals surface area contributed by atoms with Crippen molar-refractivity contribution in [1.82, 2.24) is 0 Å². The molecule has 1 saturated carbocycles. The van der Waals surface area contributed by atoms with Gasteiger partial charge in [0.05, 0.1) is 0 Å². The summed E-state index contributed by atoms with van der Waals surface area (Å²) in [5, 5.41) is 2.60. The molecule has 0 N–H and O–H groups in total. The zero-order chi connectivity index (χ0) is 13.9. The molecule has 2 rings (SSSR count). The van der Waals surface area contributed by atoms with Gasteiger partial charge in [-0.2, -0.15) is 0 Å². The molecule has 0 saturated heterocycles. The van der Waals surface area contributed by atoms with Crippen LogP contribution in [0.5, 0.6) is 0 Å². The van der Waals surface area contributed by atoms with Crippen molar-refractivity contribution in [3.8, 4) is 0 Å². The molecule has 0 radical (unpaired) electrons. The normalized spacial score (nSPS) is 18.8. The first-order valence-electron chi connectivity index (χ1n) is 7.25. The average Bonchev–Trinajstić information content (AvgIpc) is 2.48. The monoisotopic (exact) mass is 272 g/mol. The molecule has 0 aromatic heterocycles. The third-order valence-corrected chi connectivity index (χ3v) is 8.61. The van der Waals surface area contributed by atoms with Crippen molar-refractivity contribution >= 4 is 19.5 Å². The Bertz CT molecular complexity index is 455. The van der Waals surface area contributed by atoms with Crippen LogP contribution in [-0.4, -0.2) is 14.4 Å². The Balaban J connectivity index is 2.34. The molecule has 0 aliphatic heterocycles. The van der Waals surface area contributed by atoms with Crippen LogP contribution >= 0.6 is 0 Å². The average molecular weight is 272 g/mol. The number of hydrogen-bond acceptors (Lipinski definition) is 1. The Morgan fingerprint density at radius 3 is 2.26 bits per heavy atom. The lowest BCUT2D eigenvalue weighted by Crippen LogP contribution is -2.50. The van der Waals surface area contributed by atoms with E-state index >= 15 is 0 Å². The summed E-state index contributed by atoms with van der Waals surface area (Å²) < 4.78 is 0. The molecule has 1 nitrogen and oxygen atoms in total. The second-order valence-electron chi connectivity index (χ2n) is 6.30. The van der Waals surface area contributed by atoms with E-state index in [1.54, 1.807) is 0 Å². The summed E-state index contributed by atoms with van der Waals surface area (Å²) >= 11 is 0. The quantitative estimate of drug-likeness (QED) is 0.601. The van der Waals surface area contributed by atoms with Gasteiger partial charge in [0.25, 0.3) is 0 Å². The molecule has 0 amide bonds. The van der Waals surface area contributed by atoms with Crippen LogP contribution in [0.25, 0.3) is 0 Å². The van der Waals surface area contributed by atoms with Crippen molar-refractivity contribution in [2.75, 3.05) is 0 Å². The zero-order valence-corrected chi connectivity index (χ0v) is 13.1. The number of carbonyl (C=O) groups is 1. The number of allylic oxidation sites excluding steroid dienone is 1. The highest BCUT2D eigenvalue weighted by Crippen LogP contribution is 2.43. The Kier molecular flexibility index (Phi) is 4.09. The maximum absolute atomic E-state index is 11.8. The van der Waals surface area contributed by atoms with Crippen LogP contribution in [0.15, 0.2) is 42.1 Å². The van der Waals surface area contributed by atoms with E-state index in [0.29, 0.717) is 0 Å². The molecule has 19 heavy (non-hydrogen) atoms. The van der Waals surface area contributed by atoms with Crippen LogP contribution in [0.1, 0.15) is 32.1 Å². The van der Waals surface area contributed by atoms with Gasteiger partial charge in [-0.1, -0.05) is 73.1 Å². The highest BCUT2D eigenvalue weighted by Gasteiger charge is 2.42. The van der Waals surface area contributed by atoms with Crippen LogP contribution in [0, 0.1) is 5.41 Å². The minimum absolute atomic E-state index is 0.246. The fourth-order valence-corrected chi connectivity index (χ4v) is 6.25. The number of hydrogen-bond donors (Lipinski definition) is 0. The highest BCUT2D eigenvalue weighted by atomic mass is 28.3. The first-order chi connectivity index (χ1) is 9.03. The number of rotatable bonds is 4. The summed E-state index contributed by atoms with van der Waals surface area (Å²) in [6, 6.07) is 10.6. The van der Waals surface area contributed by atoms with Crippen molar-refractivity contribution < 1.29 is 4.79 Å². The summed E-state index contributed by atoms with van der Waals surface area (Å²) in [7, 11) is -1.79. The first-order valence-corrected chi connectivity index (χ1v) is 10.2. The van der Waals surface area contributed by atoms with E-state index in [-0.39, 0.29) is 5.41 Å². The summed E-state index contributed by atoms with van der Waals surface area (Å²) in [6.45, 7) is 9.05. The van der Waals surface area contributed by atoms with Gasteiger partial charge in [-0.25, -0.2) is 0 Å². The van der Waals surface area contributed by atoms with Gasteiger partial charge < -0.3 is 4.79 Å². The Morgan fingerprint density at radius 2 is 1.74 bits per heavy atom. The van der Waals surface area contributed by atoms with E-state index in [4.69, 9.17) is 0 Å². The maximum Gasteiger partial charge on any atom is 0.129 e. The van der Waals surface area contributed by atoms with Crippen LogP contribution in [0.2, 0.25) is 13.1 Å². The van der Waals surface area contributed by atoms with Gasteiger partial charge >= 0.3 is 0 Å². The lowest BCUT2D eigenvalue weighted by Gasteiger charge is -2.41. The van der Waals surface area contributed by atoms with Crippen LogP contribution in [0.3, 0.4) is 0 Å². The molecule has 1 fully saturated rings. The van der Waals surface area contributed by atoms with E-state index in [1.165, 1.54) is 23.1 Å². The van der Waals surface area contributed by atoms with E-state index in [0.717, 1.165) is 25.7 Å². The maximum atomic E-state index is 11.8. The molecule has 0 atom stereocenters. The minimum atomic E-state index is -1.79. The van der Waals surface area contributed by atoms with E-state index in [2.05, 4.69) is 43.9 Å². The molecule has 102 valence electrons. The highest BCUT2D eigenvalue weighted by molar-refractivity contribution is 6.96. The topological polar surface area (TPSA) is 17.1 Å². The molecule has 1 aliphatic carbocycles. The molecule has 1 aliphatic rings. The van der Waals surface area contributed by atoms with Crippen LogP contribution in [-0.2, 0) is 4.79 Å². The third-order valence-electron chi connectivity index (χ3n) is 4.82. The zero-order valence-electron chi connectivity index (χ0n) is 12.1. The standard InChI is InChI=1S/C17H24OSi/c1-15(17(14-18)12-8-5-9-13-17)19(2,3)16-10-6-4-7-11-16/h4,6-7,10-11,14H,1,5,8-9,12-13H2,2-3H3. The summed E-state index contributed by atoms with van der Waals surface area (Å²) in [5.41, 5.74) is -0.246. The van der Waals surface area contributed by atoms with E-state index in [1.807, 2.05) is 6.07 Å². The van der Waals surface area contributed by atoms with E-state index < -0.39 is 8.07 Å². The SMILES string of the molecule is C=C(C1(C=O)CCCCC1)[Si](C)(C)c1ccccc1. The van der Waals surface area contributed by atoms with Gasteiger partial charge in [-0.05, 0) is 12.8 Å². The second kappa shape index (κ2) is 5.46. The molecule has 0 heterocycles. The number of aldehydes is 1. The summed E-state index contributed by atoms with van der Waals surface area (Å²) in [6.07, 6.45) is 6.79. The van der Waals surface area contributed by atoms with Crippen molar-refractivity contribution in [1.29, 1.82) is 0 Å². The molecule has 0 spiro atoms. The number of carbonyl (C=O) groups excluding carboxylic acids is 1. The largest absolute Gasteiger partial charge is 0.302 e. The molecule has 1 aromatic rings. The van der Waals surface area contributed by atoms with Gasteiger partial charge in [0.15, 0.2) is 0 Å². The van der Waals surface area contributed by atoms with Crippen molar-refractivity contribution in [2.45, 2.75) is 45.2 Å². The van der Waals surface area contributed by atoms with Crippen molar-refractivity contribution in [3.05, 3.63) is 42.1 Å². The fourth-order valence-electron chi connectivity index (χ4n) is 3.32. The third kappa shape index (κ3) is 2.59. The molecular weight excluding hydrogens is 248 g/mol. The smallest absolute Gasteiger partial charge is 0.129 e. The van der Waals surface area contributed by atoms with Gasteiger partial charge in [0, 0.05) is 5.41 Å². The predicted octanol–water partition coefficient (Wildman–Crippen LogP) is 3.85. The van der Waals surface area contributed by atoms with Gasteiger partial charge in [0.1, 0.15) is 14.4 Å². The molecule has 1 aromatic carbocycles. The van der Waals surface area contributed by atoms with E-state index in [9.17, 15) is 4.79 Å². The van der Waals surface area contributed by atoms with Gasteiger partial charge in [0.2, 0.25) is 0 Å². The Labute approximate surface area is 117 Å². The van der Waals surface area contributed by atoms with Crippen LogP contribution in [0.4, 0.5) is 0 Å². The lowest BCUT2D eigenvalue weighted by atomic mass is 9.75. The lowest BCUT2D eigenvalue weighted by molar-refractivity contribution is -0.115. The van der Waals surface area contributed by atoms with Crippen molar-refractivity contribution in [3.63, 3.8) is 0 Å². The number of benzene rings is 1. The molecule has 2 heteroatoms. The summed E-state index contributed by atoms with van der Waals surface area (Å²) in [4.78, 5) is 11.8. The predicted molar refractivity (Wildman–Crippen MR) is 84.3 cm³/mol. The first kappa shape index (κ1) is 14.3. The molecule has 0 bridgehead atoms. The van der Waals surface area contributed by atoms with Gasteiger partial charge in [-0.15, -0.1) is 6.58 Å². The second-order valence-corrected chi connectivity index (χ2v) is 10.7. The minimum Gasteiger partial charge on any atom is -0.302 e. The van der Waals surface area contributed by atoms with Crippen LogP contribution < -0.4 is 5.19 Å². The van der Waals surface area contributed by atoms with Crippen molar-refractivity contribution in [2.24, 2.45) is 5.41 Å².